The second-order valence-electron chi connectivity index (χ2n) is 9.86. The highest BCUT2D eigenvalue weighted by atomic mass is 35.5. The first-order valence-corrected chi connectivity index (χ1v) is 14.9. The van der Waals surface area contributed by atoms with Gasteiger partial charge in [-0.2, -0.15) is 5.10 Å². The van der Waals surface area contributed by atoms with Gasteiger partial charge in [-0.05, 0) is 54.7 Å². The minimum atomic E-state index is -3.64. The van der Waals surface area contributed by atoms with Crippen molar-refractivity contribution in [3.8, 4) is 16.8 Å². The Kier molecular flexibility index (Phi) is 7.58. The van der Waals surface area contributed by atoms with Crippen molar-refractivity contribution >= 4 is 39.4 Å². The van der Waals surface area contributed by atoms with Crippen molar-refractivity contribution in [2.45, 2.75) is 31.3 Å². The summed E-state index contributed by atoms with van der Waals surface area (Å²) >= 11 is 6.17. The van der Waals surface area contributed by atoms with Gasteiger partial charge < -0.3 is 4.74 Å². The van der Waals surface area contributed by atoms with E-state index >= 15 is 0 Å². The third-order valence-electron chi connectivity index (χ3n) is 6.92. The molecule has 12 heteroatoms. The van der Waals surface area contributed by atoms with E-state index in [1.54, 1.807) is 43.3 Å². The normalized spacial score (nSPS) is 14.6. The zero-order valence-corrected chi connectivity index (χ0v) is 23.7. The predicted molar refractivity (Wildman–Crippen MR) is 153 cm³/mol. The number of sulfonamides is 1. The maximum Gasteiger partial charge on any atom is 0.413 e. The van der Waals surface area contributed by atoms with E-state index in [4.69, 9.17) is 16.3 Å². The molecule has 1 heterocycles. The summed E-state index contributed by atoms with van der Waals surface area (Å²) in [6.45, 7) is 1.66. The number of ether oxygens (including phenoxy) is 1. The Balaban J connectivity index is 1.29. The fraction of sp³-hybridized carbons (Fsp3) is 0.207. The molecule has 2 N–H and O–H groups in total. The zero-order chi connectivity index (χ0) is 29.4. The van der Waals surface area contributed by atoms with Crippen molar-refractivity contribution in [1.29, 1.82) is 0 Å². The first-order valence-electron chi connectivity index (χ1n) is 12.7. The van der Waals surface area contributed by atoms with Gasteiger partial charge in [-0.15, -0.1) is 0 Å². The van der Waals surface area contributed by atoms with E-state index in [1.165, 1.54) is 4.68 Å². The average molecular weight is 597 g/mol. The quantitative estimate of drug-likeness (QED) is 0.267. The molecule has 41 heavy (non-hydrogen) atoms. The fourth-order valence-corrected chi connectivity index (χ4v) is 5.43. The molecular weight excluding hydrogens is 571 g/mol. The number of halogens is 2. The number of rotatable bonds is 8. The van der Waals surface area contributed by atoms with Crippen LogP contribution in [0, 0.1) is 5.82 Å². The highest BCUT2D eigenvalue weighted by Gasteiger charge is 2.52. The summed E-state index contributed by atoms with van der Waals surface area (Å²) < 4.78 is 46.3. The van der Waals surface area contributed by atoms with Gasteiger partial charge in [-0.25, -0.2) is 22.3 Å². The van der Waals surface area contributed by atoms with Crippen LogP contribution in [0.1, 0.15) is 37.0 Å². The monoisotopic (exact) mass is 596 g/mol. The van der Waals surface area contributed by atoms with Crippen LogP contribution in [0.5, 0.6) is 0 Å². The summed E-state index contributed by atoms with van der Waals surface area (Å²) in [6.07, 6.45) is 1.56. The zero-order valence-electron chi connectivity index (χ0n) is 22.1. The van der Waals surface area contributed by atoms with Gasteiger partial charge in [0.1, 0.15) is 6.10 Å². The number of aromatic nitrogens is 2. The summed E-state index contributed by atoms with van der Waals surface area (Å²) in [4.78, 5) is 25.1. The maximum atomic E-state index is 14.6. The summed E-state index contributed by atoms with van der Waals surface area (Å²) in [5.41, 5.74) is 2.75. The second-order valence-corrected chi connectivity index (χ2v) is 12.0. The van der Waals surface area contributed by atoms with Crippen molar-refractivity contribution in [3.63, 3.8) is 0 Å². The van der Waals surface area contributed by atoms with Crippen LogP contribution < -0.4 is 10.0 Å². The smallest absolute Gasteiger partial charge is 0.413 e. The van der Waals surface area contributed by atoms with Gasteiger partial charge in [-0.3, -0.25) is 14.8 Å². The van der Waals surface area contributed by atoms with E-state index in [0.717, 1.165) is 29.1 Å². The van der Waals surface area contributed by atoms with Gasteiger partial charge in [0.05, 0.1) is 23.6 Å². The summed E-state index contributed by atoms with van der Waals surface area (Å²) in [7, 11) is -3.64. The SMILES string of the molecule is CC(OC(=O)Nc1c(F)cnn1-c1ccc(-c2ccc(C3(C(=O)NS(C)(=O)=O)CC3)cc2)cc1)c1ccccc1Cl. The van der Waals surface area contributed by atoms with E-state index in [9.17, 15) is 22.4 Å². The number of hydrogen-bond acceptors (Lipinski definition) is 6. The van der Waals surface area contributed by atoms with Crippen LogP contribution in [0.2, 0.25) is 5.02 Å². The van der Waals surface area contributed by atoms with E-state index in [-0.39, 0.29) is 5.82 Å². The van der Waals surface area contributed by atoms with Crippen LogP contribution in [0.4, 0.5) is 15.0 Å². The Morgan fingerprint density at radius 2 is 1.63 bits per heavy atom. The predicted octanol–water partition coefficient (Wildman–Crippen LogP) is 5.75. The van der Waals surface area contributed by atoms with Crippen molar-refractivity contribution in [3.05, 3.63) is 101 Å². The van der Waals surface area contributed by atoms with E-state index < -0.39 is 39.4 Å². The first kappa shape index (κ1) is 28.3. The molecule has 0 aliphatic heterocycles. The molecule has 1 unspecified atom stereocenters. The average Bonchev–Trinajstić information content (AvgIpc) is 3.67. The van der Waals surface area contributed by atoms with Gasteiger partial charge in [-0.1, -0.05) is 66.2 Å². The Morgan fingerprint density at radius 3 is 2.22 bits per heavy atom. The molecule has 9 nitrogen and oxygen atoms in total. The topological polar surface area (TPSA) is 119 Å². The molecule has 1 aromatic heterocycles. The third-order valence-corrected chi connectivity index (χ3v) is 7.82. The Labute approximate surface area is 241 Å². The Morgan fingerprint density at radius 1 is 1.02 bits per heavy atom. The number of carbonyl (C=O) groups is 2. The van der Waals surface area contributed by atoms with Gasteiger partial charge in [0.25, 0.3) is 0 Å². The van der Waals surface area contributed by atoms with E-state index in [1.807, 2.05) is 36.4 Å². The van der Waals surface area contributed by atoms with Gasteiger partial charge in [0, 0.05) is 10.6 Å². The molecule has 1 atom stereocenters. The van der Waals surface area contributed by atoms with Crippen LogP contribution >= 0.6 is 11.6 Å². The van der Waals surface area contributed by atoms with Crippen molar-refractivity contribution in [1.82, 2.24) is 14.5 Å². The minimum Gasteiger partial charge on any atom is -0.441 e. The van der Waals surface area contributed by atoms with Crippen LogP contribution in [-0.4, -0.2) is 36.5 Å². The number of nitrogens with one attached hydrogen (secondary N) is 2. The Bertz CT molecular complexity index is 1720. The van der Waals surface area contributed by atoms with Crippen LogP contribution in [0.15, 0.2) is 79.0 Å². The van der Waals surface area contributed by atoms with Crippen LogP contribution in [0.25, 0.3) is 16.8 Å². The molecule has 4 aromatic rings. The first-order chi connectivity index (χ1) is 19.5. The van der Waals surface area contributed by atoms with Gasteiger partial charge in [0.2, 0.25) is 15.9 Å². The number of nitrogens with zero attached hydrogens (tertiary/aromatic N) is 2. The van der Waals surface area contributed by atoms with Crippen molar-refractivity contribution in [2.75, 3.05) is 11.6 Å². The molecule has 5 rings (SSSR count). The lowest BCUT2D eigenvalue weighted by molar-refractivity contribution is -0.121. The molecule has 0 bridgehead atoms. The lowest BCUT2D eigenvalue weighted by atomic mass is 9.93. The summed E-state index contributed by atoms with van der Waals surface area (Å²) in [6, 6.07) is 21.4. The highest BCUT2D eigenvalue weighted by molar-refractivity contribution is 7.89. The number of benzene rings is 3. The van der Waals surface area contributed by atoms with E-state index in [0.29, 0.717) is 29.1 Å². The Hall–Kier alpha value is -4.22. The molecule has 1 fully saturated rings. The molecule has 1 aliphatic rings. The molecular formula is C29H26ClFN4O5S. The summed E-state index contributed by atoms with van der Waals surface area (Å²) in [5, 5.41) is 6.92. The molecule has 0 radical (unpaired) electrons. The molecule has 212 valence electrons. The van der Waals surface area contributed by atoms with Gasteiger partial charge >= 0.3 is 6.09 Å². The van der Waals surface area contributed by atoms with Crippen LogP contribution in [0.3, 0.4) is 0 Å². The largest absolute Gasteiger partial charge is 0.441 e. The second kappa shape index (κ2) is 11.0. The number of amides is 2. The maximum absolute atomic E-state index is 14.6. The van der Waals surface area contributed by atoms with E-state index in [2.05, 4.69) is 15.1 Å². The summed E-state index contributed by atoms with van der Waals surface area (Å²) in [5.74, 6) is -1.43. The lowest BCUT2D eigenvalue weighted by Gasteiger charge is -2.16. The lowest BCUT2D eigenvalue weighted by Crippen LogP contribution is -2.38. The molecule has 1 aliphatic carbocycles. The molecule has 1 saturated carbocycles. The fourth-order valence-electron chi connectivity index (χ4n) is 4.61. The molecule has 0 saturated heterocycles. The number of hydrogen-bond donors (Lipinski definition) is 2. The standard InChI is InChI=1S/C29H26ClFN4O5S/c1-18(23-5-3-4-6-24(23)30)40-28(37)33-26-25(31)17-32-35(26)22-13-9-20(10-14-22)19-7-11-21(12-8-19)29(15-16-29)27(36)34-41(2,38)39/h3-14,17-18H,15-16H2,1-2H3,(H,33,37)(H,34,36). The third kappa shape index (κ3) is 6.10. The number of carbonyl (C=O) groups excluding carboxylic acids is 2. The highest BCUT2D eigenvalue weighted by Crippen LogP contribution is 2.48. The number of anilines is 1. The van der Waals surface area contributed by atoms with Crippen molar-refractivity contribution < 1.29 is 27.1 Å². The van der Waals surface area contributed by atoms with Crippen LogP contribution in [-0.2, 0) is 25.0 Å². The molecule has 2 amide bonds. The molecule has 3 aromatic carbocycles. The van der Waals surface area contributed by atoms with Crippen molar-refractivity contribution in [2.24, 2.45) is 0 Å². The van der Waals surface area contributed by atoms with Gasteiger partial charge in [0.15, 0.2) is 11.6 Å². The molecule has 0 spiro atoms. The minimum absolute atomic E-state index is 0.180.